The summed E-state index contributed by atoms with van der Waals surface area (Å²) >= 11 is 3.31. The number of carbonyl (C=O) groups is 1. The highest BCUT2D eigenvalue weighted by Crippen LogP contribution is 2.29. The number of benzene rings is 1. The molecule has 14 heavy (non-hydrogen) atoms. The van der Waals surface area contributed by atoms with Crippen LogP contribution in [0.15, 0.2) is 27.6 Å². The fourth-order valence-electron chi connectivity index (χ4n) is 1.29. The van der Waals surface area contributed by atoms with E-state index >= 15 is 0 Å². The molecule has 0 aromatic heterocycles. The summed E-state index contributed by atoms with van der Waals surface area (Å²) in [5.74, 6) is -0.182. The highest BCUT2D eigenvalue weighted by molar-refractivity contribution is 9.10. The molecule has 2 unspecified atom stereocenters. The van der Waals surface area contributed by atoms with Gasteiger partial charge in [0.2, 0.25) is 5.91 Å². The minimum Gasteiger partial charge on any atom is -0.324 e. The van der Waals surface area contributed by atoms with Crippen molar-refractivity contribution in [3.63, 3.8) is 0 Å². The molecule has 1 aliphatic heterocycles. The number of hydrogen-bond donors (Lipinski definition) is 1. The minimum absolute atomic E-state index is 0.182. The van der Waals surface area contributed by atoms with Gasteiger partial charge in [-0.25, -0.2) is 0 Å². The van der Waals surface area contributed by atoms with Crippen LogP contribution in [0.2, 0.25) is 0 Å². The van der Waals surface area contributed by atoms with Gasteiger partial charge in [0.1, 0.15) is 5.25 Å². The maximum Gasteiger partial charge on any atom is 0.240 e. The Morgan fingerprint density at radius 2 is 2.21 bits per heavy atom. The summed E-state index contributed by atoms with van der Waals surface area (Å²) in [6.45, 7) is 1.66. The van der Waals surface area contributed by atoms with Crippen LogP contribution in [0.25, 0.3) is 0 Å². The van der Waals surface area contributed by atoms with Crippen molar-refractivity contribution < 1.29 is 9.00 Å². The van der Waals surface area contributed by atoms with Crippen molar-refractivity contribution in [2.75, 3.05) is 5.32 Å². The lowest BCUT2D eigenvalue weighted by molar-refractivity contribution is -0.115. The highest BCUT2D eigenvalue weighted by Gasteiger charge is 2.29. The highest BCUT2D eigenvalue weighted by atomic mass is 79.9. The largest absolute Gasteiger partial charge is 0.324 e. The number of hydrogen-bond acceptors (Lipinski definition) is 2. The molecule has 0 radical (unpaired) electrons. The first kappa shape index (κ1) is 9.86. The number of carbonyl (C=O) groups excluding carboxylic acids is 1. The average Bonchev–Trinajstić information content (AvgIpc) is 2.16. The zero-order chi connectivity index (χ0) is 10.3. The van der Waals surface area contributed by atoms with E-state index in [9.17, 15) is 9.00 Å². The fourth-order valence-corrected chi connectivity index (χ4v) is 3.01. The molecule has 1 N–H and O–H groups in total. The third-order valence-electron chi connectivity index (χ3n) is 2.11. The molecule has 1 aromatic rings. The molecule has 3 nitrogen and oxygen atoms in total. The Kier molecular flexibility index (Phi) is 2.45. The van der Waals surface area contributed by atoms with Crippen LogP contribution in [-0.4, -0.2) is 15.4 Å². The van der Waals surface area contributed by atoms with Crippen molar-refractivity contribution in [3.05, 3.63) is 22.7 Å². The molecule has 74 valence electrons. The molecule has 0 fully saturated rings. The minimum atomic E-state index is -1.24. The van der Waals surface area contributed by atoms with E-state index in [0.29, 0.717) is 10.6 Å². The van der Waals surface area contributed by atoms with Crippen LogP contribution < -0.4 is 5.32 Å². The second kappa shape index (κ2) is 3.47. The lowest BCUT2D eigenvalue weighted by Crippen LogP contribution is -2.34. The average molecular weight is 274 g/mol. The smallest absolute Gasteiger partial charge is 0.240 e. The Balaban J connectivity index is 2.57. The summed E-state index contributed by atoms with van der Waals surface area (Å²) in [5, 5.41) is 2.24. The van der Waals surface area contributed by atoms with Gasteiger partial charge in [-0.2, -0.15) is 0 Å². The van der Waals surface area contributed by atoms with Crippen LogP contribution in [0.4, 0.5) is 5.69 Å². The first-order valence-corrected chi connectivity index (χ1v) is 6.11. The zero-order valence-electron chi connectivity index (χ0n) is 7.41. The Labute approximate surface area is 92.5 Å². The molecular weight excluding hydrogens is 266 g/mol. The predicted molar refractivity (Wildman–Crippen MR) is 58.6 cm³/mol. The number of rotatable bonds is 0. The molecule has 2 atom stereocenters. The molecule has 0 saturated carbocycles. The summed E-state index contributed by atoms with van der Waals surface area (Å²) in [5.41, 5.74) is 0.648. The predicted octanol–water partition coefficient (Wildman–Crippen LogP) is 1.90. The van der Waals surface area contributed by atoms with Crippen molar-refractivity contribution in [1.82, 2.24) is 0 Å². The summed E-state index contributed by atoms with van der Waals surface area (Å²) in [7, 11) is -1.24. The molecule has 0 spiro atoms. The van der Waals surface area contributed by atoms with Gasteiger partial charge < -0.3 is 5.32 Å². The normalized spacial score (nSPS) is 25.4. The van der Waals surface area contributed by atoms with Crippen molar-refractivity contribution in [2.24, 2.45) is 0 Å². The van der Waals surface area contributed by atoms with E-state index in [1.165, 1.54) is 0 Å². The van der Waals surface area contributed by atoms with Crippen LogP contribution in [-0.2, 0) is 15.6 Å². The molecule has 0 bridgehead atoms. The van der Waals surface area contributed by atoms with Crippen molar-refractivity contribution in [3.8, 4) is 0 Å². The maximum absolute atomic E-state index is 11.8. The molecule has 1 aliphatic rings. The third kappa shape index (κ3) is 1.50. The second-order valence-corrected chi connectivity index (χ2v) is 5.73. The molecular formula is C9H8BrNO2S. The van der Waals surface area contributed by atoms with Crippen LogP contribution in [0, 0.1) is 0 Å². The number of halogens is 1. The van der Waals surface area contributed by atoms with Gasteiger partial charge in [-0.15, -0.1) is 0 Å². The Morgan fingerprint density at radius 1 is 1.50 bits per heavy atom. The number of nitrogens with one attached hydrogen (secondary N) is 1. The molecule has 1 amide bonds. The number of fused-ring (bicyclic) bond motifs is 1. The molecule has 0 aliphatic carbocycles. The SMILES string of the molecule is CC1C(=O)Nc2ccc(Br)cc2S1=O. The van der Waals surface area contributed by atoms with E-state index in [1.807, 2.05) is 6.07 Å². The van der Waals surface area contributed by atoms with Gasteiger partial charge in [0.15, 0.2) is 0 Å². The van der Waals surface area contributed by atoms with Crippen molar-refractivity contribution in [2.45, 2.75) is 17.1 Å². The van der Waals surface area contributed by atoms with E-state index in [1.54, 1.807) is 19.1 Å². The van der Waals surface area contributed by atoms with Gasteiger partial charge >= 0.3 is 0 Å². The van der Waals surface area contributed by atoms with E-state index < -0.39 is 16.0 Å². The zero-order valence-corrected chi connectivity index (χ0v) is 9.81. The van der Waals surface area contributed by atoms with E-state index in [4.69, 9.17) is 0 Å². The summed E-state index contributed by atoms with van der Waals surface area (Å²) in [6.07, 6.45) is 0. The van der Waals surface area contributed by atoms with Crippen molar-refractivity contribution >= 4 is 38.3 Å². The topological polar surface area (TPSA) is 46.2 Å². The van der Waals surface area contributed by atoms with Crippen LogP contribution >= 0.6 is 15.9 Å². The van der Waals surface area contributed by atoms with Gasteiger partial charge in [0.25, 0.3) is 0 Å². The van der Waals surface area contributed by atoms with E-state index in [0.717, 1.165) is 4.47 Å². The monoisotopic (exact) mass is 273 g/mol. The van der Waals surface area contributed by atoms with Gasteiger partial charge in [0.05, 0.1) is 21.4 Å². The first-order valence-electron chi connectivity index (χ1n) is 4.10. The van der Waals surface area contributed by atoms with Crippen molar-refractivity contribution in [1.29, 1.82) is 0 Å². The Bertz CT molecular complexity index is 433. The molecule has 1 aromatic carbocycles. The van der Waals surface area contributed by atoms with E-state index in [2.05, 4.69) is 21.2 Å². The summed E-state index contributed by atoms with van der Waals surface area (Å²) < 4.78 is 12.7. The summed E-state index contributed by atoms with van der Waals surface area (Å²) in [6, 6.07) is 5.34. The first-order chi connectivity index (χ1) is 6.59. The Morgan fingerprint density at radius 3 is 2.93 bits per heavy atom. The van der Waals surface area contributed by atoms with Crippen LogP contribution in [0.3, 0.4) is 0 Å². The standard InChI is InChI=1S/C9H8BrNO2S/c1-5-9(12)11-7-3-2-6(10)4-8(7)14(5)13/h2-5H,1H3,(H,11,12). The maximum atomic E-state index is 11.8. The number of amides is 1. The second-order valence-electron chi connectivity index (χ2n) is 3.07. The molecule has 0 saturated heterocycles. The molecule has 5 heteroatoms. The molecule has 1 heterocycles. The van der Waals surface area contributed by atoms with Gasteiger partial charge in [-0.3, -0.25) is 9.00 Å². The van der Waals surface area contributed by atoms with Gasteiger partial charge in [-0.1, -0.05) is 15.9 Å². The molecule has 2 rings (SSSR count). The lowest BCUT2D eigenvalue weighted by Gasteiger charge is -2.21. The fraction of sp³-hybridized carbons (Fsp3) is 0.222. The summed E-state index contributed by atoms with van der Waals surface area (Å²) in [4.78, 5) is 12.0. The lowest BCUT2D eigenvalue weighted by atomic mass is 10.3. The van der Waals surface area contributed by atoms with Gasteiger partial charge in [0, 0.05) is 4.47 Å². The quantitative estimate of drug-likeness (QED) is 0.785. The van der Waals surface area contributed by atoms with E-state index in [-0.39, 0.29) is 5.91 Å². The Hall–Kier alpha value is -0.680. The van der Waals surface area contributed by atoms with Crippen LogP contribution in [0.1, 0.15) is 6.92 Å². The number of anilines is 1. The van der Waals surface area contributed by atoms with Crippen LogP contribution in [0.5, 0.6) is 0 Å². The third-order valence-corrected chi connectivity index (χ3v) is 4.23. The van der Waals surface area contributed by atoms with Gasteiger partial charge in [-0.05, 0) is 25.1 Å².